The van der Waals surface area contributed by atoms with E-state index in [0.717, 1.165) is 0 Å². The molecule has 8 nitrogen and oxygen atoms in total. The highest BCUT2D eigenvalue weighted by molar-refractivity contribution is 6.30. The third-order valence-electron chi connectivity index (χ3n) is 4.02. The summed E-state index contributed by atoms with van der Waals surface area (Å²) in [5.41, 5.74) is 0.504. The summed E-state index contributed by atoms with van der Waals surface area (Å²) in [5.74, 6) is 1.46. The highest BCUT2D eigenvalue weighted by atomic mass is 35.5. The van der Waals surface area contributed by atoms with Crippen molar-refractivity contribution < 1.29 is 23.8 Å². The van der Waals surface area contributed by atoms with Crippen LogP contribution in [-0.4, -0.2) is 56.8 Å². The average molecular weight is 420 g/mol. The van der Waals surface area contributed by atoms with Gasteiger partial charge in [0.1, 0.15) is 25.6 Å². The largest absolute Gasteiger partial charge is 0.492 e. The third kappa shape index (κ3) is 6.55. The molecule has 0 saturated carbocycles. The number of anilines is 1. The van der Waals surface area contributed by atoms with Crippen LogP contribution in [0.3, 0.4) is 0 Å². The summed E-state index contributed by atoms with van der Waals surface area (Å²) < 4.78 is 16.5. The first-order chi connectivity index (χ1) is 14.0. The third-order valence-corrected chi connectivity index (χ3v) is 4.27. The molecule has 2 aromatic carbocycles. The summed E-state index contributed by atoms with van der Waals surface area (Å²) in [6.07, 6.45) is 0. The van der Waals surface area contributed by atoms with E-state index < -0.39 is 11.9 Å². The second-order valence-electron chi connectivity index (χ2n) is 6.40. The summed E-state index contributed by atoms with van der Waals surface area (Å²) >= 11 is 5.82. The van der Waals surface area contributed by atoms with E-state index in [9.17, 15) is 9.59 Å². The highest BCUT2D eigenvalue weighted by Gasteiger charge is 2.14. The Morgan fingerprint density at radius 3 is 2.59 bits per heavy atom. The van der Waals surface area contributed by atoms with Crippen LogP contribution >= 0.6 is 11.6 Å². The Kier molecular flexibility index (Phi) is 7.15. The second kappa shape index (κ2) is 9.99. The van der Waals surface area contributed by atoms with E-state index in [1.807, 2.05) is 0 Å². The van der Waals surface area contributed by atoms with Crippen molar-refractivity contribution in [3.8, 4) is 17.2 Å². The van der Waals surface area contributed by atoms with Crippen molar-refractivity contribution in [2.24, 2.45) is 0 Å². The van der Waals surface area contributed by atoms with Crippen molar-refractivity contribution in [3.05, 3.63) is 47.5 Å². The monoisotopic (exact) mass is 419 g/mol. The Labute approximate surface area is 173 Å². The number of hydrogen-bond acceptors (Lipinski definition) is 6. The van der Waals surface area contributed by atoms with Gasteiger partial charge in [0.05, 0.1) is 6.54 Å². The number of carbonyl (C=O) groups excluding carboxylic acids is 2. The molecule has 2 aromatic rings. The molecule has 1 aliphatic heterocycles. The number of nitrogens with one attached hydrogen (secondary N) is 2. The van der Waals surface area contributed by atoms with Crippen LogP contribution in [0.2, 0.25) is 5.02 Å². The van der Waals surface area contributed by atoms with Crippen LogP contribution in [0.25, 0.3) is 0 Å². The van der Waals surface area contributed by atoms with Gasteiger partial charge in [-0.15, -0.1) is 0 Å². The lowest BCUT2D eigenvalue weighted by atomic mass is 10.2. The summed E-state index contributed by atoms with van der Waals surface area (Å²) in [7, 11) is 1.77. The fourth-order valence-corrected chi connectivity index (χ4v) is 2.75. The van der Waals surface area contributed by atoms with Crippen molar-refractivity contribution >= 4 is 29.2 Å². The summed E-state index contributed by atoms with van der Waals surface area (Å²) in [5, 5.41) is 5.54. The number of likely N-dealkylation sites (N-methyl/N-ethyl adjacent to an activating group) is 1. The molecular formula is C20H22ClN3O5. The Morgan fingerprint density at radius 1 is 1.10 bits per heavy atom. The van der Waals surface area contributed by atoms with Crippen molar-refractivity contribution in [2.45, 2.75) is 0 Å². The standard InChI is InChI=1S/C20H22ClN3O5/c1-24(8-9-27-16-5-2-14(21)3-6-16)13-19(25)23-20(26)22-15-4-7-17-18(12-15)29-11-10-28-17/h2-7,12H,8-11,13H2,1H3,(H2,22,23,25,26). The van der Waals surface area contributed by atoms with E-state index in [0.29, 0.717) is 54.3 Å². The molecule has 2 N–H and O–H groups in total. The molecule has 0 bridgehead atoms. The number of rotatable bonds is 7. The van der Waals surface area contributed by atoms with Gasteiger partial charge in [0.2, 0.25) is 5.91 Å². The summed E-state index contributed by atoms with van der Waals surface area (Å²) in [4.78, 5) is 25.8. The first-order valence-electron chi connectivity index (χ1n) is 9.07. The molecule has 0 radical (unpaired) electrons. The molecule has 0 aliphatic carbocycles. The second-order valence-corrected chi connectivity index (χ2v) is 6.84. The van der Waals surface area contributed by atoms with Crippen LogP contribution in [0, 0.1) is 0 Å². The van der Waals surface area contributed by atoms with E-state index >= 15 is 0 Å². The molecule has 0 atom stereocenters. The molecule has 0 saturated heterocycles. The zero-order valence-electron chi connectivity index (χ0n) is 15.9. The topological polar surface area (TPSA) is 89.1 Å². The Balaban J connectivity index is 1.38. The molecule has 154 valence electrons. The molecular weight excluding hydrogens is 398 g/mol. The molecule has 0 fully saturated rings. The van der Waals surface area contributed by atoms with Gasteiger partial charge in [-0.1, -0.05) is 11.6 Å². The Bertz CT molecular complexity index is 860. The zero-order valence-corrected chi connectivity index (χ0v) is 16.7. The fraction of sp³-hybridized carbons (Fsp3) is 0.300. The maximum atomic E-state index is 12.0. The number of ether oxygens (including phenoxy) is 3. The van der Waals surface area contributed by atoms with E-state index in [4.69, 9.17) is 25.8 Å². The lowest BCUT2D eigenvalue weighted by molar-refractivity contribution is -0.120. The SMILES string of the molecule is CN(CCOc1ccc(Cl)cc1)CC(=O)NC(=O)Nc1ccc2c(c1)OCCO2. The van der Waals surface area contributed by atoms with E-state index in [2.05, 4.69) is 10.6 Å². The minimum atomic E-state index is -0.613. The van der Waals surface area contributed by atoms with Gasteiger partial charge < -0.3 is 19.5 Å². The van der Waals surface area contributed by atoms with Crippen LogP contribution in [-0.2, 0) is 4.79 Å². The number of urea groups is 1. The van der Waals surface area contributed by atoms with Crippen LogP contribution < -0.4 is 24.8 Å². The van der Waals surface area contributed by atoms with Gasteiger partial charge in [-0.3, -0.25) is 15.0 Å². The van der Waals surface area contributed by atoms with Gasteiger partial charge in [0, 0.05) is 23.3 Å². The maximum absolute atomic E-state index is 12.0. The Hall–Kier alpha value is -2.97. The van der Waals surface area contributed by atoms with E-state index in [1.54, 1.807) is 54.4 Å². The fourth-order valence-electron chi connectivity index (χ4n) is 2.62. The van der Waals surface area contributed by atoms with Gasteiger partial charge in [0.25, 0.3) is 0 Å². The summed E-state index contributed by atoms with van der Waals surface area (Å²) in [6, 6.07) is 11.5. The maximum Gasteiger partial charge on any atom is 0.325 e. The molecule has 1 aliphatic rings. The number of fused-ring (bicyclic) bond motifs is 1. The lowest BCUT2D eigenvalue weighted by Gasteiger charge is -2.19. The number of nitrogens with zero attached hydrogens (tertiary/aromatic N) is 1. The number of halogens is 1. The number of benzene rings is 2. The van der Waals surface area contributed by atoms with Gasteiger partial charge in [-0.2, -0.15) is 0 Å². The average Bonchev–Trinajstić information content (AvgIpc) is 2.69. The minimum absolute atomic E-state index is 0.0541. The normalized spacial score (nSPS) is 12.4. The number of carbonyl (C=O) groups is 2. The van der Waals surface area contributed by atoms with Gasteiger partial charge in [-0.25, -0.2) is 4.79 Å². The van der Waals surface area contributed by atoms with Crippen LogP contribution in [0.15, 0.2) is 42.5 Å². The molecule has 3 rings (SSSR count). The first-order valence-corrected chi connectivity index (χ1v) is 9.45. The summed E-state index contributed by atoms with van der Waals surface area (Å²) in [6.45, 7) is 1.91. The van der Waals surface area contributed by atoms with Crippen molar-refractivity contribution in [1.29, 1.82) is 0 Å². The quantitative estimate of drug-likeness (QED) is 0.717. The van der Waals surface area contributed by atoms with Crippen LogP contribution in [0.4, 0.5) is 10.5 Å². The van der Waals surface area contributed by atoms with E-state index in [1.165, 1.54) is 0 Å². The van der Waals surface area contributed by atoms with Crippen molar-refractivity contribution in [3.63, 3.8) is 0 Å². The van der Waals surface area contributed by atoms with Gasteiger partial charge >= 0.3 is 6.03 Å². The lowest BCUT2D eigenvalue weighted by Crippen LogP contribution is -2.41. The predicted molar refractivity (Wildman–Crippen MR) is 109 cm³/mol. The van der Waals surface area contributed by atoms with E-state index in [-0.39, 0.29) is 6.54 Å². The molecule has 3 amide bonds. The minimum Gasteiger partial charge on any atom is -0.492 e. The van der Waals surface area contributed by atoms with Crippen molar-refractivity contribution in [1.82, 2.24) is 10.2 Å². The predicted octanol–water partition coefficient (Wildman–Crippen LogP) is 2.77. The molecule has 1 heterocycles. The molecule has 9 heteroatoms. The van der Waals surface area contributed by atoms with Crippen LogP contribution in [0.5, 0.6) is 17.2 Å². The number of amides is 3. The molecule has 0 unspecified atom stereocenters. The van der Waals surface area contributed by atoms with Gasteiger partial charge in [-0.05, 0) is 43.4 Å². The smallest absolute Gasteiger partial charge is 0.325 e. The van der Waals surface area contributed by atoms with Crippen LogP contribution in [0.1, 0.15) is 0 Å². The number of imide groups is 1. The van der Waals surface area contributed by atoms with Crippen molar-refractivity contribution in [2.75, 3.05) is 45.3 Å². The Morgan fingerprint density at radius 2 is 1.83 bits per heavy atom. The van der Waals surface area contributed by atoms with Gasteiger partial charge in [0.15, 0.2) is 11.5 Å². The zero-order chi connectivity index (χ0) is 20.6. The molecule has 29 heavy (non-hydrogen) atoms. The first kappa shape index (κ1) is 20.8. The molecule has 0 spiro atoms. The highest BCUT2D eigenvalue weighted by Crippen LogP contribution is 2.32. The molecule has 0 aromatic heterocycles. The number of hydrogen-bond donors (Lipinski definition) is 2.